The molecule has 0 fully saturated rings. The average Bonchev–Trinajstić information content (AvgIpc) is 2.58. The molecule has 0 amide bonds. The van der Waals surface area contributed by atoms with Gasteiger partial charge in [-0.25, -0.2) is 0 Å². The highest BCUT2D eigenvalue weighted by molar-refractivity contribution is 5.68. The van der Waals surface area contributed by atoms with E-state index >= 15 is 0 Å². The summed E-state index contributed by atoms with van der Waals surface area (Å²) >= 11 is 0. The fourth-order valence-corrected chi connectivity index (χ4v) is 2.34. The molecule has 5 nitrogen and oxygen atoms in total. The van der Waals surface area contributed by atoms with Crippen molar-refractivity contribution in [1.82, 2.24) is 0 Å². The van der Waals surface area contributed by atoms with Gasteiger partial charge in [0.05, 0.1) is 19.1 Å². The summed E-state index contributed by atoms with van der Waals surface area (Å²) in [5.74, 6) is -0.396. The summed E-state index contributed by atoms with van der Waals surface area (Å²) in [5, 5.41) is 8.80. The highest BCUT2D eigenvalue weighted by Crippen LogP contribution is 2.32. The smallest absolute Gasteiger partial charge is 0.416 e. The number of hydrogen-bond acceptors (Lipinski definition) is 4. The van der Waals surface area contributed by atoms with Gasteiger partial charge in [0.1, 0.15) is 6.61 Å². The van der Waals surface area contributed by atoms with Crippen molar-refractivity contribution >= 4 is 5.97 Å². The van der Waals surface area contributed by atoms with Crippen molar-refractivity contribution in [2.24, 2.45) is 5.73 Å². The first-order valence-corrected chi connectivity index (χ1v) is 7.65. The maximum atomic E-state index is 12.7. The molecular formula is C18H18F3NO4. The van der Waals surface area contributed by atoms with Crippen LogP contribution < -0.4 is 15.2 Å². The van der Waals surface area contributed by atoms with Crippen molar-refractivity contribution < 1.29 is 32.5 Å². The summed E-state index contributed by atoms with van der Waals surface area (Å²) in [6, 6.07) is 8.83. The predicted octanol–water partition coefficient (Wildman–Crippen LogP) is 3.77. The molecule has 26 heavy (non-hydrogen) atoms. The first-order chi connectivity index (χ1) is 12.2. The molecule has 8 heteroatoms. The second kappa shape index (κ2) is 8.09. The zero-order valence-corrected chi connectivity index (χ0v) is 13.9. The maximum Gasteiger partial charge on any atom is 0.416 e. The predicted molar refractivity (Wildman–Crippen MR) is 88.0 cm³/mol. The number of hydrogen-bond donors (Lipinski definition) is 2. The molecule has 1 unspecified atom stereocenters. The molecule has 2 rings (SSSR count). The molecular weight excluding hydrogens is 351 g/mol. The third kappa shape index (κ3) is 5.13. The zero-order valence-electron chi connectivity index (χ0n) is 13.9. The summed E-state index contributed by atoms with van der Waals surface area (Å²) in [7, 11) is 1.40. The van der Waals surface area contributed by atoms with Crippen molar-refractivity contribution in [3.63, 3.8) is 0 Å². The molecule has 140 valence electrons. The number of rotatable bonds is 7. The number of methoxy groups -OCH3 is 1. The van der Waals surface area contributed by atoms with E-state index in [-0.39, 0.29) is 13.0 Å². The van der Waals surface area contributed by atoms with Gasteiger partial charge >= 0.3 is 12.1 Å². The van der Waals surface area contributed by atoms with E-state index in [9.17, 15) is 18.0 Å². The second-order valence-electron chi connectivity index (χ2n) is 5.60. The molecule has 0 aliphatic carbocycles. The molecule has 0 saturated carbocycles. The van der Waals surface area contributed by atoms with Gasteiger partial charge in [0.2, 0.25) is 0 Å². The van der Waals surface area contributed by atoms with Crippen LogP contribution in [-0.2, 0) is 17.6 Å². The van der Waals surface area contributed by atoms with Crippen LogP contribution in [0.25, 0.3) is 0 Å². The molecule has 0 radical (unpaired) electrons. The number of carboxylic acids is 1. The van der Waals surface area contributed by atoms with Crippen LogP contribution in [0.3, 0.4) is 0 Å². The van der Waals surface area contributed by atoms with E-state index in [0.717, 1.165) is 12.1 Å². The first-order valence-electron chi connectivity index (χ1n) is 7.65. The molecule has 0 aliphatic rings. The number of alkyl halides is 3. The Kier molecular flexibility index (Phi) is 6.10. The van der Waals surface area contributed by atoms with Crippen LogP contribution in [0, 0.1) is 0 Å². The second-order valence-corrected chi connectivity index (χ2v) is 5.60. The molecule has 2 aromatic rings. The van der Waals surface area contributed by atoms with Gasteiger partial charge in [0, 0.05) is 6.04 Å². The van der Waals surface area contributed by atoms with E-state index in [1.165, 1.54) is 19.2 Å². The maximum absolute atomic E-state index is 12.7. The number of halogens is 3. The monoisotopic (exact) mass is 369 g/mol. The Bertz CT molecular complexity index is 777. The normalized spacial score (nSPS) is 12.5. The standard InChI is InChI=1S/C18H18F3NO4/c1-25-16-8-12(14(22)9-17(23)24)5-6-15(16)26-10-11-3-2-4-13(7-11)18(19,20)21/h2-8,14H,9-10,22H2,1H3,(H,23,24). The highest BCUT2D eigenvalue weighted by Gasteiger charge is 2.30. The minimum Gasteiger partial charge on any atom is -0.493 e. The summed E-state index contributed by atoms with van der Waals surface area (Å²) in [4.78, 5) is 10.7. The van der Waals surface area contributed by atoms with Crippen molar-refractivity contribution in [1.29, 1.82) is 0 Å². The minimum absolute atomic E-state index is 0.0825. The molecule has 0 spiro atoms. The first kappa shape index (κ1) is 19.6. The van der Waals surface area contributed by atoms with E-state index in [2.05, 4.69) is 0 Å². The van der Waals surface area contributed by atoms with Crippen molar-refractivity contribution in [2.75, 3.05) is 7.11 Å². The number of nitrogens with two attached hydrogens (primary N) is 1. The lowest BCUT2D eigenvalue weighted by molar-refractivity contribution is -0.138. The SMILES string of the molecule is COc1cc(C(N)CC(=O)O)ccc1OCc1cccc(C(F)(F)F)c1. The molecule has 0 heterocycles. The van der Waals surface area contributed by atoms with Gasteiger partial charge in [-0.2, -0.15) is 13.2 Å². The molecule has 0 bridgehead atoms. The summed E-state index contributed by atoms with van der Waals surface area (Å²) < 4.78 is 49.0. The topological polar surface area (TPSA) is 81.8 Å². The average molecular weight is 369 g/mol. The van der Waals surface area contributed by atoms with Crippen LogP contribution in [0.4, 0.5) is 13.2 Å². The Hall–Kier alpha value is -2.74. The molecule has 0 saturated heterocycles. The molecule has 3 N–H and O–H groups in total. The van der Waals surface area contributed by atoms with Crippen LogP contribution in [0.2, 0.25) is 0 Å². The van der Waals surface area contributed by atoms with Gasteiger partial charge in [-0.15, -0.1) is 0 Å². The van der Waals surface area contributed by atoms with Crippen LogP contribution in [0.5, 0.6) is 11.5 Å². The lowest BCUT2D eigenvalue weighted by Crippen LogP contribution is -2.15. The van der Waals surface area contributed by atoms with Gasteiger partial charge in [0.25, 0.3) is 0 Å². The van der Waals surface area contributed by atoms with Crippen molar-refractivity contribution in [2.45, 2.75) is 25.2 Å². The third-order valence-electron chi connectivity index (χ3n) is 3.66. The lowest BCUT2D eigenvalue weighted by atomic mass is 10.0. The molecule has 0 aliphatic heterocycles. The van der Waals surface area contributed by atoms with E-state index in [4.69, 9.17) is 20.3 Å². The number of ether oxygens (including phenoxy) is 2. The quantitative estimate of drug-likeness (QED) is 0.776. The molecule has 0 aromatic heterocycles. The van der Waals surface area contributed by atoms with Gasteiger partial charge in [-0.1, -0.05) is 18.2 Å². The summed E-state index contributed by atoms with van der Waals surface area (Å²) in [6.45, 7) is -0.0825. The van der Waals surface area contributed by atoms with Crippen LogP contribution in [-0.4, -0.2) is 18.2 Å². The largest absolute Gasteiger partial charge is 0.493 e. The van der Waals surface area contributed by atoms with Crippen molar-refractivity contribution in [3.05, 3.63) is 59.2 Å². The van der Waals surface area contributed by atoms with E-state index < -0.39 is 23.8 Å². The Morgan fingerprint density at radius 2 is 1.92 bits per heavy atom. The van der Waals surface area contributed by atoms with Gasteiger partial charge in [-0.05, 0) is 35.4 Å². The fraction of sp³-hybridized carbons (Fsp3) is 0.278. The third-order valence-corrected chi connectivity index (χ3v) is 3.66. The van der Waals surface area contributed by atoms with E-state index in [1.54, 1.807) is 18.2 Å². The van der Waals surface area contributed by atoms with E-state index in [0.29, 0.717) is 22.6 Å². The molecule has 2 aromatic carbocycles. The molecule has 1 atom stereocenters. The number of aliphatic carboxylic acids is 1. The Labute approximate surface area is 148 Å². The van der Waals surface area contributed by atoms with Gasteiger partial charge in [-0.3, -0.25) is 4.79 Å². The number of carbonyl (C=O) groups is 1. The lowest BCUT2D eigenvalue weighted by Gasteiger charge is -2.15. The van der Waals surface area contributed by atoms with Gasteiger partial charge in [0.15, 0.2) is 11.5 Å². The number of benzene rings is 2. The highest BCUT2D eigenvalue weighted by atomic mass is 19.4. The summed E-state index contributed by atoms with van der Waals surface area (Å²) in [5.41, 5.74) is 5.97. The number of carboxylic acid groups (broad SMARTS) is 1. The minimum atomic E-state index is -4.42. The Morgan fingerprint density at radius 1 is 1.19 bits per heavy atom. The fourth-order valence-electron chi connectivity index (χ4n) is 2.34. The Morgan fingerprint density at radius 3 is 2.54 bits per heavy atom. The van der Waals surface area contributed by atoms with E-state index in [1.807, 2.05) is 0 Å². The van der Waals surface area contributed by atoms with Crippen LogP contribution in [0.1, 0.15) is 29.2 Å². The summed E-state index contributed by atoms with van der Waals surface area (Å²) in [6.07, 6.45) is -4.66. The zero-order chi connectivity index (χ0) is 19.3. The van der Waals surface area contributed by atoms with Crippen LogP contribution in [0.15, 0.2) is 42.5 Å². The van der Waals surface area contributed by atoms with Gasteiger partial charge < -0.3 is 20.3 Å². The van der Waals surface area contributed by atoms with Crippen LogP contribution >= 0.6 is 0 Å². The Balaban J connectivity index is 2.13. The van der Waals surface area contributed by atoms with Crippen molar-refractivity contribution in [3.8, 4) is 11.5 Å².